The zero-order valence-corrected chi connectivity index (χ0v) is 10.6. The molecule has 1 unspecified atom stereocenters. The molecule has 4 heteroatoms. The highest BCUT2D eigenvalue weighted by Gasteiger charge is 2.07. The normalized spacial score (nSPS) is 12.6. The zero-order chi connectivity index (χ0) is 13.0. The first kappa shape index (κ1) is 12.6. The standard InChI is InChI=1S/C14H19N3O/c1-10(4-3-9-18)17-13-7-6-12-11(14(13)15)5-2-8-16-12/h2,5-8,10,17-18H,3-4,9,15H2,1H3. The van der Waals surface area contributed by atoms with Gasteiger partial charge in [0.25, 0.3) is 0 Å². The molecule has 2 rings (SSSR count). The summed E-state index contributed by atoms with van der Waals surface area (Å²) in [4.78, 5) is 4.27. The lowest BCUT2D eigenvalue weighted by molar-refractivity contribution is 0.282. The number of anilines is 2. The summed E-state index contributed by atoms with van der Waals surface area (Å²) in [5.74, 6) is 0. The topological polar surface area (TPSA) is 71.2 Å². The summed E-state index contributed by atoms with van der Waals surface area (Å²) in [5.41, 5.74) is 8.71. The van der Waals surface area contributed by atoms with E-state index in [0.29, 0.717) is 0 Å². The van der Waals surface area contributed by atoms with Gasteiger partial charge in [-0.05, 0) is 44.0 Å². The molecule has 96 valence electrons. The number of aliphatic hydroxyl groups excluding tert-OH is 1. The Morgan fingerprint density at radius 1 is 1.39 bits per heavy atom. The molecular weight excluding hydrogens is 226 g/mol. The van der Waals surface area contributed by atoms with E-state index in [1.165, 1.54) is 0 Å². The van der Waals surface area contributed by atoms with E-state index >= 15 is 0 Å². The maximum Gasteiger partial charge on any atom is 0.0724 e. The number of benzene rings is 1. The van der Waals surface area contributed by atoms with E-state index in [4.69, 9.17) is 10.8 Å². The van der Waals surface area contributed by atoms with Gasteiger partial charge in [0.15, 0.2) is 0 Å². The second-order valence-electron chi connectivity index (χ2n) is 4.51. The molecule has 0 aliphatic rings. The molecule has 0 amide bonds. The van der Waals surface area contributed by atoms with Crippen LogP contribution in [-0.2, 0) is 0 Å². The van der Waals surface area contributed by atoms with Crippen molar-refractivity contribution in [2.45, 2.75) is 25.8 Å². The highest BCUT2D eigenvalue weighted by atomic mass is 16.2. The average molecular weight is 245 g/mol. The molecular formula is C14H19N3O. The molecule has 0 saturated heterocycles. The molecule has 0 bridgehead atoms. The highest BCUT2D eigenvalue weighted by Crippen LogP contribution is 2.28. The van der Waals surface area contributed by atoms with Crippen molar-refractivity contribution < 1.29 is 5.11 Å². The van der Waals surface area contributed by atoms with E-state index < -0.39 is 0 Å². The third-order valence-corrected chi connectivity index (χ3v) is 3.02. The van der Waals surface area contributed by atoms with Crippen LogP contribution in [0.2, 0.25) is 0 Å². The number of nitrogens with two attached hydrogens (primary N) is 1. The number of aliphatic hydroxyl groups is 1. The maximum atomic E-state index is 8.82. The van der Waals surface area contributed by atoms with Gasteiger partial charge in [0.2, 0.25) is 0 Å². The van der Waals surface area contributed by atoms with Crippen molar-refractivity contribution >= 4 is 22.3 Å². The van der Waals surface area contributed by atoms with Crippen molar-refractivity contribution in [1.82, 2.24) is 4.98 Å². The largest absolute Gasteiger partial charge is 0.397 e. The lowest BCUT2D eigenvalue weighted by Crippen LogP contribution is -2.16. The number of fused-ring (bicyclic) bond motifs is 1. The maximum absolute atomic E-state index is 8.82. The van der Waals surface area contributed by atoms with Crippen LogP contribution in [0.1, 0.15) is 19.8 Å². The average Bonchev–Trinajstić information content (AvgIpc) is 2.40. The Morgan fingerprint density at radius 2 is 2.22 bits per heavy atom. The fraction of sp³-hybridized carbons (Fsp3) is 0.357. The lowest BCUT2D eigenvalue weighted by Gasteiger charge is -2.17. The Hall–Kier alpha value is -1.81. The molecule has 18 heavy (non-hydrogen) atoms. The Labute approximate surface area is 107 Å². The molecule has 1 atom stereocenters. The number of aromatic nitrogens is 1. The summed E-state index contributed by atoms with van der Waals surface area (Å²) in [6.45, 7) is 2.31. The number of nitrogens with one attached hydrogen (secondary N) is 1. The van der Waals surface area contributed by atoms with Crippen LogP contribution in [0.15, 0.2) is 30.5 Å². The summed E-state index contributed by atoms with van der Waals surface area (Å²) < 4.78 is 0. The number of nitrogen functional groups attached to an aromatic ring is 1. The van der Waals surface area contributed by atoms with Gasteiger partial charge >= 0.3 is 0 Å². The summed E-state index contributed by atoms with van der Waals surface area (Å²) in [5, 5.41) is 13.2. The van der Waals surface area contributed by atoms with Crippen LogP contribution < -0.4 is 11.1 Å². The van der Waals surface area contributed by atoms with Gasteiger partial charge in [-0.25, -0.2) is 0 Å². The van der Waals surface area contributed by atoms with Crippen molar-refractivity contribution in [3.63, 3.8) is 0 Å². The Balaban J connectivity index is 2.21. The second kappa shape index (κ2) is 5.69. The molecule has 0 saturated carbocycles. The van der Waals surface area contributed by atoms with Crippen molar-refractivity contribution in [3.8, 4) is 0 Å². The van der Waals surface area contributed by atoms with Crippen LogP contribution in [0, 0.1) is 0 Å². The third-order valence-electron chi connectivity index (χ3n) is 3.02. The van der Waals surface area contributed by atoms with Crippen molar-refractivity contribution in [2.75, 3.05) is 17.7 Å². The van der Waals surface area contributed by atoms with Gasteiger partial charge in [-0.1, -0.05) is 0 Å². The van der Waals surface area contributed by atoms with Crippen molar-refractivity contribution in [3.05, 3.63) is 30.5 Å². The number of nitrogens with zero attached hydrogens (tertiary/aromatic N) is 1. The summed E-state index contributed by atoms with van der Waals surface area (Å²) in [6.07, 6.45) is 3.48. The number of hydrogen-bond donors (Lipinski definition) is 3. The molecule has 0 fully saturated rings. The predicted octanol–water partition coefficient (Wildman–Crippen LogP) is 2.39. The predicted molar refractivity (Wildman–Crippen MR) is 75.6 cm³/mol. The molecule has 2 aromatic rings. The summed E-state index contributed by atoms with van der Waals surface area (Å²) in [6, 6.07) is 8.07. The molecule has 4 nitrogen and oxygen atoms in total. The van der Waals surface area contributed by atoms with Gasteiger partial charge < -0.3 is 16.2 Å². The smallest absolute Gasteiger partial charge is 0.0724 e. The first-order chi connectivity index (χ1) is 8.72. The minimum absolute atomic E-state index is 0.225. The van der Waals surface area contributed by atoms with Crippen LogP contribution in [0.4, 0.5) is 11.4 Å². The van der Waals surface area contributed by atoms with Gasteiger partial charge in [-0.15, -0.1) is 0 Å². The Kier molecular flexibility index (Phi) is 3.99. The number of rotatable bonds is 5. The molecule has 0 aliphatic carbocycles. The minimum Gasteiger partial charge on any atom is -0.397 e. The van der Waals surface area contributed by atoms with E-state index in [1.54, 1.807) is 6.20 Å². The SMILES string of the molecule is CC(CCCO)Nc1ccc2ncccc2c1N. The van der Waals surface area contributed by atoms with Crippen LogP contribution in [-0.4, -0.2) is 22.7 Å². The van der Waals surface area contributed by atoms with Gasteiger partial charge in [0, 0.05) is 24.2 Å². The van der Waals surface area contributed by atoms with Gasteiger partial charge in [-0.2, -0.15) is 0 Å². The third kappa shape index (κ3) is 2.71. The van der Waals surface area contributed by atoms with E-state index in [0.717, 1.165) is 35.1 Å². The van der Waals surface area contributed by atoms with E-state index in [9.17, 15) is 0 Å². The highest BCUT2D eigenvalue weighted by molar-refractivity contribution is 5.96. The molecule has 4 N–H and O–H groups in total. The first-order valence-corrected chi connectivity index (χ1v) is 6.23. The van der Waals surface area contributed by atoms with E-state index in [-0.39, 0.29) is 12.6 Å². The Bertz CT molecular complexity index is 527. The molecule has 1 aromatic heterocycles. The van der Waals surface area contributed by atoms with E-state index in [1.807, 2.05) is 24.3 Å². The van der Waals surface area contributed by atoms with Crippen LogP contribution >= 0.6 is 0 Å². The van der Waals surface area contributed by atoms with Crippen LogP contribution in [0.5, 0.6) is 0 Å². The fourth-order valence-corrected chi connectivity index (χ4v) is 2.04. The summed E-state index contributed by atoms with van der Waals surface area (Å²) >= 11 is 0. The fourth-order valence-electron chi connectivity index (χ4n) is 2.04. The van der Waals surface area contributed by atoms with E-state index in [2.05, 4.69) is 17.2 Å². The Morgan fingerprint density at radius 3 is 3.00 bits per heavy atom. The van der Waals surface area contributed by atoms with Gasteiger partial charge in [0.1, 0.15) is 0 Å². The monoisotopic (exact) mass is 245 g/mol. The van der Waals surface area contributed by atoms with Crippen LogP contribution in [0.3, 0.4) is 0 Å². The molecule has 0 aliphatic heterocycles. The first-order valence-electron chi connectivity index (χ1n) is 6.23. The number of pyridine rings is 1. The summed E-state index contributed by atoms with van der Waals surface area (Å²) in [7, 11) is 0. The minimum atomic E-state index is 0.225. The second-order valence-corrected chi connectivity index (χ2v) is 4.51. The van der Waals surface area contributed by atoms with Gasteiger partial charge in [-0.3, -0.25) is 4.98 Å². The van der Waals surface area contributed by atoms with Gasteiger partial charge in [0.05, 0.1) is 16.9 Å². The molecule has 0 spiro atoms. The quantitative estimate of drug-likeness (QED) is 0.707. The van der Waals surface area contributed by atoms with Crippen molar-refractivity contribution in [1.29, 1.82) is 0 Å². The molecule has 1 aromatic carbocycles. The van der Waals surface area contributed by atoms with Crippen LogP contribution in [0.25, 0.3) is 10.9 Å². The zero-order valence-electron chi connectivity index (χ0n) is 10.6. The number of hydrogen-bond acceptors (Lipinski definition) is 4. The lowest BCUT2D eigenvalue weighted by atomic mass is 10.1. The molecule has 0 radical (unpaired) electrons. The molecule has 1 heterocycles. The van der Waals surface area contributed by atoms with Crippen molar-refractivity contribution in [2.24, 2.45) is 0 Å².